The van der Waals surface area contributed by atoms with Crippen LogP contribution in [0.4, 0.5) is 0 Å². The fourth-order valence-corrected chi connectivity index (χ4v) is 4.10. The van der Waals surface area contributed by atoms with Gasteiger partial charge in [0.05, 0.1) is 0 Å². The van der Waals surface area contributed by atoms with Crippen molar-refractivity contribution in [1.82, 2.24) is 0 Å². The van der Waals surface area contributed by atoms with Crippen molar-refractivity contribution < 1.29 is 9.90 Å². The molecule has 1 rings (SSSR count). The van der Waals surface area contributed by atoms with Gasteiger partial charge < -0.3 is 10.8 Å². The van der Waals surface area contributed by atoms with Crippen molar-refractivity contribution in [3.63, 3.8) is 0 Å². The van der Waals surface area contributed by atoms with Crippen molar-refractivity contribution in [1.29, 1.82) is 0 Å². The summed E-state index contributed by atoms with van der Waals surface area (Å²) >= 11 is 0. The molecule has 0 bridgehead atoms. The summed E-state index contributed by atoms with van der Waals surface area (Å²) < 4.78 is 0. The third kappa shape index (κ3) is 7.13. The van der Waals surface area contributed by atoms with Crippen LogP contribution in [0.2, 0.25) is 0 Å². The molecule has 3 nitrogen and oxygen atoms in total. The van der Waals surface area contributed by atoms with Crippen LogP contribution < -0.4 is 5.73 Å². The van der Waals surface area contributed by atoms with E-state index in [2.05, 4.69) is 13.8 Å². The molecule has 0 aromatic heterocycles. The van der Waals surface area contributed by atoms with Gasteiger partial charge in [-0.3, -0.25) is 4.79 Å². The summed E-state index contributed by atoms with van der Waals surface area (Å²) in [6.45, 7) is 4.55. The van der Waals surface area contributed by atoms with Gasteiger partial charge in [0.2, 0.25) is 0 Å². The molecule has 1 aliphatic rings. The first-order chi connectivity index (χ1) is 10.6. The van der Waals surface area contributed by atoms with Crippen molar-refractivity contribution in [2.24, 2.45) is 23.5 Å². The molecule has 1 fully saturated rings. The number of unbranched alkanes of at least 4 members (excludes halogenated alkanes) is 3. The molecule has 3 heteroatoms. The van der Waals surface area contributed by atoms with Gasteiger partial charge >= 0.3 is 5.97 Å². The Morgan fingerprint density at radius 3 is 2.36 bits per heavy atom. The first-order valence-electron chi connectivity index (χ1n) is 9.53. The highest BCUT2D eigenvalue weighted by Crippen LogP contribution is 2.35. The lowest BCUT2D eigenvalue weighted by Gasteiger charge is -2.32. The first-order valence-corrected chi connectivity index (χ1v) is 9.53. The Bertz CT molecular complexity index is 300. The summed E-state index contributed by atoms with van der Waals surface area (Å²) in [5.41, 5.74) is 6.57. The maximum absolute atomic E-state index is 10.8. The van der Waals surface area contributed by atoms with Crippen LogP contribution in [0.5, 0.6) is 0 Å². The molecule has 0 heterocycles. The van der Waals surface area contributed by atoms with E-state index in [0.717, 1.165) is 12.8 Å². The van der Waals surface area contributed by atoms with Crippen LogP contribution in [0.15, 0.2) is 0 Å². The van der Waals surface area contributed by atoms with E-state index in [1.165, 1.54) is 57.8 Å². The average molecular weight is 312 g/mol. The Balaban J connectivity index is 2.47. The third-order valence-electron chi connectivity index (χ3n) is 5.69. The Kier molecular flexibility index (Phi) is 9.77. The lowest BCUT2D eigenvalue weighted by Crippen LogP contribution is -2.39. The van der Waals surface area contributed by atoms with E-state index in [-0.39, 0.29) is 0 Å². The van der Waals surface area contributed by atoms with Gasteiger partial charge in [0, 0.05) is 12.5 Å². The first kappa shape index (κ1) is 19.5. The van der Waals surface area contributed by atoms with Crippen molar-refractivity contribution in [2.45, 2.75) is 96.9 Å². The molecule has 0 amide bonds. The number of carboxylic acid groups (broad SMARTS) is 1. The lowest BCUT2D eigenvalue weighted by molar-refractivity contribution is -0.137. The van der Waals surface area contributed by atoms with E-state index >= 15 is 0 Å². The van der Waals surface area contributed by atoms with Crippen LogP contribution >= 0.6 is 0 Å². The zero-order valence-corrected chi connectivity index (χ0v) is 14.7. The Morgan fingerprint density at radius 1 is 1.14 bits per heavy atom. The number of carboxylic acids is 1. The van der Waals surface area contributed by atoms with Crippen molar-refractivity contribution in [3.05, 3.63) is 0 Å². The van der Waals surface area contributed by atoms with E-state index in [1.807, 2.05) is 0 Å². The number of nitrogens with two attached hydrogens (primary N) is 1. The molecular weight excluding hydrogens is 274 g/mol. The van der Waals surface area contributed by atoms with Gasteiger partial charge in [-0.1, -0.05) is 58.8 Å². The van der Waals surface area contributed by atoms with Crippen LogP contribution in [0.3, 0.4) is 0 Å². The maximum Gasteiger partial charge on any atom is 0.303 e. The Labute approximate surface area is 137 Å². The standard InChI is InChI=1S/C19H37NO2/c1-3-4-5-6-10-16(13-9-14-18(21)22)15(2)19(20)17-11-7-8-12-17/h15-17,19H,3-14,20H2,1-2H3,(H,21,22). The molecule has 0 aromatic rings. The molecule has 0 radical (unpaired) electrons. The molecule has 22 heavy (non-hydrogen) atoms. The summed E-state index contributed by atoms with van der Waals surface area (Å²) in [7, 11) is 0. The normalized spacial score (nSPS) is 20.0. The second-order valence-corrected chi connectivity index (χ2v) is 7.38. The molecule has 0 spiro atoms. The molecule has 3 atom stereocenters. The monoisotopic (exact) mass is 311 g/mol. The largest absolute Gasteiger partial charge is 0.481 e. The Morgan fingerprint density at radius 2 is 1.77 bits per heavy atom. The van der Waals surface area contributed by atoms with E-state index in [9.17, 15) is 4.79 Å². The zero-order valence-electron chi connectivity index (χ0n) is 14.7. The Hall–Kier alpha value is -0.570. The van der Waals surface area contributed by atoms with E-state index in [0.29, 0.717) is 30.2 Å². The third-order valence-corrected chi connectivity index (χ3v) is 5.69. The van der Waals surface area contributed by atoms with E-state index in [4.69, 9.17) is 10.8 Å². The number of rotatable bonds is 12. The van der Waals surface area contributed by atoms with E-state index < -0.39 is 5.97 Å². The van der Waals surface area contributed by atoms with Crippen LogP contribution in [0.25, 0.3) is 0 Å². The van der Waals surface area contributed by atoms with Crippen LogP contribution in [0.1, 0.15) is 90.9 Å². The predicted molar refractivity (Wildman–Crippen MR) is 92.8 cm³/mol. The average Bonchev–Trinajstić information content (AvgIpc) is 3.02. The number of carbonyl (C=O) groups is 1. The summed E-state index contributed by atoms with van der Waals surface area (Å²) in [4.78, 5) is 10.8. The summed E-state index contributed by atoms with van der Waals surface area (Å²) in [6, 6.07) is 0.309. The predicted octanol–water partition coefficient (Wildman–Crippen LogP) is 4.98. The van der Waals surface area contributed by atoms with E-state index in [1.54, 1.807) is 0 Å². The SMILES string of the molecule is CCCCCCC(CCCC(=O)O)C(C)C(N)C1CCCC1. The van der Waals surface area contributed by atoms with Gasteiger partial charge in [0.1, 0.15) is 0 Å². The molecule has 0 aromatic carbocycles. The van der Waals surface area contributed by atoms with Crippen LogP contribution in [0, 0.1) is 17.8 Å². The van der Waals surface area contributed by atoms with Crippen molar-refractivity contribution in [3.8, 4) is 0 Å². The molecular formula is C19H37NO2. The fraction of sp³-hybridized carbons (Fsp3) is 0.947. The van der Waals surface area contributed by atoms with Crippen molar-refractivity contribution >= 4 is 5.97 Å². The fourth-order valence-electron chi connectivity index (χ4n) is 4.10. The molecule has 0 saturated heterocycles. The summed E-state index contributed by atoms with van der Waals surface area (Å²) in [5, 5.41) is 8.87. The van der Waals surface area contributed by atoms with Gasteiger partial charge in [-0.15, -0.1) is 0 Å². The van der Waals surface area contributed by atoms with Crippen LogP contribution in [-0.4, -0.2) is 17.1 Å². The second kappa shape index (κ2) is 11.0. The molecule has 3 unspecified atom stereocenters. The quantitative estimate of drug-likeness (QED) is 0.499. The minimum absolute atomic E-state index is 0.302. The van der Waals surface area contributed by atoms with Gasteiger partial charge in [0.15, 0.2) is 0 Å². The topological polar surface area (TPSA) is 63.3 Å². The van der Waals surface area contributed by atoms with Crippen molar-refractivity contribution in [2.75, 3.05) is 0 Å². The minimum atomic E-state index is -0.669. The summed E-state index contributed by atoms with van der Waals surface area (Å²) in [6.07, 6.45) is 13.8. The lowest BCUT2D eigenvalue weighted by atomic mass is 9.76. The molecule has 1 saturated carbocycles. The maximum atomic E-state index is 10.8. The highest BCUT2D eigenvalue weighted by molar-refractivity contribution is 5.66. The molecule has 130 valence electrons. The minimum Gasteiger partial charge on any atom is -0.481 e. The smallest absolute Gasteiger partial charge is 0.303 e. The molecule has 0 aliphatic heterocycles. The highest BCUT2D eigenvalue weighted by Gasteiger charge is 2.30. The second-order valence-electron chi connectivity index (χ2n) is 7.38. The van der Waals surface area contributed by atoms with Gasteiger partial charge in [0.25, 0.3) is 0 Å². The summed E-state index contributed by atoms with van der Waals surface area (Å²) in [5.74, 6) is 1.16. The highest BCUT2D eigenvalue weighted by atomic mass is 16.4. The number of hydrogen-bond acceptors (Lipinski definition) is 2. The van der Waals surface area contributed by atoms with Gasteiger partial charge in [-0.05, 0) is 43.4 Å². The number of aliphatic carboxylic acids is 1. The molecule has 1 aliphatic carbocycles. The zero-order chi connectivity index (χ0) is 16.4. The number of hydrogen-bond donors (Lipinski definition) is 2. The van der Waals surface area contributed by atoms with Gasteiger partial charge in [-0.25, -0.2) is 0 Å². The van der Waals surface area contributed by atoms with Gasteiger partial charge in [-0.2, -0.15) is 0 Å². The van der Waals surface area contributed by atoms with Crippen LogP contribution in [-0.2, 0) is 4.79 Å². The molecule has 3 N–H and O–H groups in total.